The van der Waals surface area contributed by atoms with Crippen LogP contribution in [-0.2, 0) is 9.53 Å². The van der Waals surface area contributed by atoms with E-state index in [1.165, 1.54) is 0 Å². The highest BCUT2D eigenvalue weighted by Gasteiger charge is 2.50. The Kier molecular flexibility index (Phi) is 4.41. The Labute approximate surface area is 181 Å². The first-order valence-corrected chi connectivity index (χ1v) is 11.2. The van der Waals surface area contributed by atoms with E-state index in [1.54, 1.807) is 16.7 Å². The molecule has 3 atom stereocenters. The Balaban J connectivity index is 1.79. The molecule has 29 heavy (non-hydrogen) atoms. The monoisotopic (exact) mass is 489 g/mol. The van der Waals surface area contributed by atoms with Gasteiger partial charge in [-0.2, -0.15) is 0 Å². The van der Waals surface area contributed by atoms with Crippen LogP contribution in [0.4, 0.5) is 0 Å². The molecular formula is C20H12BrNO5S2. The van der Waals surface area contributed by atoms with Gasteiger partial charge < -0.3 is 9.84 Å². The molecule has 1 aromatic heterocycles. The number of fused-ring (bicyclic) bond motifs is 5. The lowest BCUT2D eigenvalue weighted by atomic mass is 9.84. The number of nitrogens with zero attached hydrogens (tertiary/aromatic N) is 1. The zero-order valence-corrected chi connectivity index (χ0v) is 17.8. The maximum absolute atomic E-state index is 12.9. The van der Waals surface area contributed by atoms with Crippen molar-refractivity contribution in [1.29, 1.82) is 0 Å². The van der Waals surface area contributed by atoms with E-state index in [0.717, 1.165) is 32.4 Å². The average molecular weight is 490 g/mol. The molecule has 0 radical (unpaired) electrons. The molecule has 2 aliphatic heterocycles. The zero-order valence-electron chi connectivity index (χ0n) is 14.6. The van der Waals surface area contributed by atoms with Crippen LogP contribution in [0, 0.1) is 0 Å². The Bertz CT molecular complexity index is 1220. The predicted molar refractivity (Wildman–Crippen MR) is 112 cm³/mol. The first-order valence-electron chi connectivity index (χ1n) is 8.67. The number of carboxylic acids is 1. The summed E-state index contributed by atoms with van der Waals surface area (Å²) in [5, 5.41) is 9.42. The molecule has 3 aromatic rings. The number of carbonyl (C=O) groups excluding carboxylic acids is 1. The number of carbonyl (C=O) groups is 2. The van der Waals surface area contributed by atoms with Gasteiger partial charge in [0, 0.05) is 4.47 Å². The first-order chi connectivity index (χ1) is 14.0. The van der Waals surface area contributed by atoms with Gasteiger partial charge in [-0.05, 0) is 35.9 Å². The van der Waals surface area contributed by atoms with E-state index in [4.69, 9.17) is 4.74 Å². The minimum atomic E-state index is -1.08. The van der Waals surface area contributed by atoms with Crippen molar-refractivity contribution in [2.45, 2.75) is 22.3 Å². The van der Waals surface area contributed by atoms with Crippen molar-refractivity contribution in [3.8, 4) is 5.69 Å². The topological polar surface area (TPSA) is 85.6 Å². The van der Waals surface area contributed by atoms with Gasteiger partial charge in [-0.25, -0.2) is 4.79 Å². The first kappa shape index (κ1) is 18.7. The molecule has 2 aromatic carbocycles. The van der Waals surface area contributed by atoms with Crippen LogP contribution in [0.15, 0.2) is 62.8 Å². The van der Waals surface area contributed by atoms with Gasteiger partial charge in [-0.3, -0.25) is 14.2 Å². The number of hydrogen-bond acceptors (Lipinski definition) is 6. The highest BCUT2D eigenvalue weighted by molar-refractivity contribution is 9.10. The van der Waals surface area contributed by atoms with Crippen molar-refractivity contribution >= 4 is 51.0 Å². The standard InChI is InChI=1S/C20H12BrNO5S2/c21-9-6-7-11-12(8-9)13-14(27-19(11)25)16(18(23)24)28-17-15(13)29-20(26)22(17)10-4-2-1-3-5-10/h1-8,13-14,16H,(H,23,24)/t13-,14-,16-/m1/s1. The van der Waals surface area contributed by atoms with Gasteiger partial charge in [0.15, 0.2) is 0 Å². The largest absolute Gasteiger partial charge is 0.480 e. The van der Waals surface area contributed by atoms with Crippen LogP contribution in [0.5, 0.6) is 0 Å². The minimum Gasteiger partial charge on any atom is -0.480 e. The highest BCUT2D eigenvalue weighted by Crippen LogP contribution is 2.51. The molecule has 3 heterocycles. The van der Waals surface area contributed by atoms with Crippen molar-refractivity contribution in [2.24, 2.45) is 0 Å². The normalized spacial score (nSPS) is 22.2. The number of esters is 1. The number of carboxylic acid groups (broad SMARTS) is 1. The molecule has 0 bridgehead atoms. The van der Waals surface area contributed by atoms with Gasteiger partial charge in [0.25, 0.3) is 0 Å². The van der Waals surface area contributed by atoms with Gasteiger partial charge >= 0.3 is 16.8 Å². The number of rotatable bonds is 2. The fourth-order valence-corrected chi connectivity index (χ4v) is 6.77. The van der Waals surface area contributed by atoms with Crippen molar-refractivity contribution < 1.29 is 19.4 Å². The molecule has 0 aliphatic carbocycles. The summed E-state index contributed by atoms with van der Waals surface area (Å²) in [7, 11) is 0. The van der Waals surface area contributed by atoms with E-state index in [2.05, 4.69) is 15.9 Å². The average Bonchev–Trinajstić information content (AvgIpc) is 3.03. The van der Waals surface area contributed by atoms with Gasteiger partial charge in [-0.1, -0.05) is 57.2 Å². The summed E-state index contributed by atoms with van der Waals surface area (Å²) in [6.07, 6.45) is -0.887. The molecule has 0 amide bonds. The lowest BCUT2D eigenvalue weighted by Crippen LogP contribution is -2.45. The number of thioether (sulfide) groups is 1. The van der Waals surface area contributed by atoms with E-state index in [0.29, 0.717) is 21.8 Å². The van der Waals surface area contributed by atoms with Gasteiger partial charge in [0.1, 0.15) is 11.4 Å². The fraction of sp³-hybridized carbons (Fsp3) is 0.150. The lowest BCUT2D eigenvalue weighted by Gasteiger charge is -2.39. The molecule has 0 fully saturated rings. The molecule has 6 nitrogen and oxygen atoms in total. The molecule has 9 heteroatoms. The second-order valence-corrected chi connectivity index (χ2v) is 9.70. The van der Waals surface area contributed by atoms with Gasteiger partial charge in [-0.15, -0.1) is 0 Å². The molecule has 0 unspecified atom stereocenters. The number of ether oxygens (including phenoxy) is 1. The highest BCUT2D eigenvalue weighted by atomic mass is 79.9. The van der Waals surface area contributed by atoms with Crippen molar-refractivity contribution in [3.63, 3.8) is 0 Å². The predicted octanol–water partition coefficient (Wildman–Crippen LogP) is 3.89. The molecule has 5 rings (SSSR count). The number of thiazole rings is 1. The fourth-order valence-electron chi connectivity index (χ4n) is 3.80. The van der Waals surface area contributed by atoms with E-state index < -0.39 is 29.2 Å². The quantitative estimate of drug-likeness (QED) is 0.549. The maximum Gasteiger partial charge on any atom is 0.338 e. The van der Waals surface area contributed by atoms with Crippen molar-refractivity contribution in [3.05, 3.63) is 78.7 Å². The summed E-state index contributed by atoms with van der Waals surface area (Å²) in [5.41, 5.74) is 1.74. The molecule has 1 N–H and O–H groups in total. The number of aliphatic carboxylic acids is 1. The van der Waals surface area contributed by atoms with Crippen LogP contribution in [0.3, 0.4) is 0 Å². The van der Waals surface area contributed by atoms with Crippen molar-refractivity contribution in [1.82, 2.24) is 4.57 Å². The van der Waals surface area contributed by atoms with Crippen LogP contribution in [0.2, 0.25) is 0 Å². The number of halogens is 1. The third kappa shape index (κ3) is 2.87. The molecule has 146 valence electrons. The lowest BCUT2D eigenvalue weighted by molar-refractivity contribution is -0.138. The van der Waals surface area contributed by atoms with E-state index >= 15 is 0 Å². The van der Waals surface area contributed by atoms with Crippen LogP contribution < -0.4 is 4.87 Å². The second-order valence-electron chi connectivity index (χ2n) is 6.66. The van der Waals surface area contributed by atoms with E-state index in [9.17, 15) is 19.5 Å². The van der Waals surface area contributed by atoms with Crippen LogP contribution in [0.1, 0.15) is 26.7 Å². The number of para-hydroxylation sites is 1. The molecule has 0 saturated carbocycles. The Morgan fingerprint density at radius 2 is 1.90 bits per heavy atom. The molecule has 0 saturated heterocycles. The number of benzene rings is 2. The Hall–Kier alpha value is -2.36. The van der Waals surface area contributed by atoms with Gasteiger partial charge in [0.2, 0.25) is 0 Å². The van der Waals surface area contributed by atoms with Gasteiger partial charge in [0.05, 0.1) is 27.1 Å². The Morgan fingerprint density at radius 3 is 2.62 bits per heavy atom. The molecule has 2 aliphatic rings. The summed E-state index contributed by atoms with van der Waals surface area (Å²) in [4.78, 5) is 38.0. The summed E-state index contributed by atoms with van der Waals surface area (Å²) < 4.78 is 7.90. The summed E-state index contributed by atoms with van der Waals surface area (Å²) in [6.45, 7) is 0. The summed E-state index contributed by atoms with van der Waals surface area (Å²) in [6, 6.07) is 14.3. The maximum atomic E-state index is 12.9. The second kappa shape index (κ2) is 6.86. The third-order valence-electron chi connectivity index (χ3n) is 5.01. The Morgan fingerprint density at radius 1 is 1.14 bits per heavy atom. The van der Waals surface area contributed by atoms with Crippen molar-refractivity contribution in [2.75, 3.05) is 0 Å². The zero-order chi connectivity index (χ0) is 20.3. The van der Waals surface area contributed by atoms with Crippen LogP contribution in [-0.4, -0.2) is 33.0 Å². The smallest absolute Gasteiger partial charge is 0.338 e. The molecular weight excluding hydrogens is 478 g/mol. The number of hydrogen-bond donors (Lipinski definition) is 1. The van der Waals surface area contributed by atoms with Crippen LogP contribution in [0.25, 0.3) is 5.69 Å². The van der Waals surface area contributed by atoms with E-state index in [1.807, 2.05) is 36.4 Å². The minimum absolute atomic E-state index is 0.202. The summed E-state index contributed by atoms with van der Waals surface area (Å²) >= 11 is 5.56. The SMILES string of the molecule is O=C1O[C@@H]2[C@@H](c3cc(Br)ccc31)c1sc(=O)n(-c3ccccc3)c1S[C@H]2C(=O)O. The third-order valence-corrected chi connectivity index (χ3v) is 8.01. The molecule has 0 spiro atoms. The van der Waals surface area contributed by atoms with Crippen LogP contribution >= 0.6 is 39.0 Å². The summed E-state index contributed by atoms with van der Waals surface area (Å²) in [5.74, 6) is -2.14. The number of aromatic nitrogens is 1. The van der Waals surface area contributed by atoms with E-state index in [-0.39, 0.29) is 4.87 Å².